The molecule has 0 radical (unpaired) electrons. The molecule has 0 aliphatic carbocycles. The van der Waals surface area contributed by atoms with E-state index < -0.39 is 5.97 Å². The van der Waals surface area contributed by atoms with Gasteiger partial charge in [-0.1, -0.05) is 12.1 Å². The van der Waals surface area contributed by atoms with Crippen molar-refractivity contribution in [2.45, 2.75) is 19.0 Å². The van der Waals surface area contributed by atoms with Crippen LogP contribution in [0.25, 0.3) is 5.69 Å². The van der Waals surface area contributed by atoms with E-state index in [0.717, 1.165) is 28.5 Å². The molecule has 1 fully saturated rings. The number of carbonyl (C=O) groups is 1. The van der Waals surface area contributed by atoms with Gasteiger partial charge in [0.15, 0.2) is 5.11 Å². The number of thiocarbonyl (C=S) groups is 1. The summed E-state index contributed by atoms with van der Waals surface area (Å²) < 4.78 is 7.62. The molecular weight excluding hydrogens is 460 g/mol. The molecule has 176 valence electrons. The van der Waals surface area contributed by atoms with Crippen LogP contribution in [0.15, 0.2) is 91.3 Å². The fourth-order valence-electron chi connectivity index (χ4n) is 4.46. The summed E-state index contributed by atoms with van der Waals surface area (Å²) in [5.41, 5.74) is 3.71. The second-order valence-corrected chi connectivity index (χ2v) is 8.47. The van der Waals surface area contributed by atoms with Crippen LogP contribution < -0.4 is 15.0 Å². The van der Waals surface area contributed by atoms with E-state index in [1.165, 1.54) is 0 Å². The normalized spacial score (nSPS) is 17.3. The van der Waals surface area contributed by atoms with Crippen LogP contribution in [-0.4, -0.2) is 32.3 Å². The lowest BCUT2D eigenvalue weighted by atomic mass is 10.0. The summed E-state index contributed by atoms with van der Waals surface area (Å²) in [4.78, 5) is 18.3. The number of aromatic nitrogens is 2. The number of nitrogens with one attached hydrogen (secondary N) is 1. The van der Waals surface area contributed by atoms with Crippen LogP contribution in [0.2, 0.25) is 0 Å². The van der Waals surface area contributed by atoms with Crippen molar-refractivity contribution in [3.05, 3.63) is 108 Å². The largest absolute Gasteiger partial charge is 0.494 e. The average Bonchev–Trinajstić information content (AvgIpc) is 3.50. The van der Waals surface area contributed by atoms with E-state index in [2.05, 4.69) is 15.2 Å². The monoisotopic (exact) mass is 484 g/mol. The van der Waals surface area contributed by atoms with E-state index in [1.807, 2.05) is 78.4 Å². The lowest BCUT2D eigenvalue weighted by Crippen LogP contribution is -2.30. The molecule has 8 heteroatoms. The Hall–Kier alpha value is -4.17. The third-order valence-electron chi connectivity index (χ3n) is 5.98. The number of hydrogen-bond acceptors (Lipinski definition) is 4. The Kier molecular flexibility index (Phi) is 6.20. The van der Waals surface area contributed by atoms with E-state index in [-0.39, 0.29) is 17.6 Å². The summed E-state index contributed by atoms with van der Waals surface area (Å²) in [6, 6.07) is 24.1. The van der Waals surface area contributed by atoms with E-state index in [4.69, 9.17) is 17.0 Å². The highest BCUT2D eigenvalue weighted by atomic mass is 32.1. The highest BCUT2D eigenvalue weighted by molar-refractivity contribution is 7.80. The number of carboxylic acids is 1. The number of aromatic carboxylic acids is 1. The van der Waals surface area contributed by atoms with Crippen LogP contribution in [0.3, 0.4) is 0 Å². The molecule has 1 aliphatic heterocycles. The molecule has 2 aromatic carbocycles. The second kappa shape index (κ2) is 9.60. The number of carboxylic acid groups (broad SMARTS) is 1. The summed E-state index contributed by atoms with van der Waals surface area (Å²) in [6.45, 7) is 2.55. The first-order valence-electron chi connectivity index (χ1n) is 11.3. The molecule has 3 heterocycles. The smallest absolute Gasteiger partial charge is 0.335 e. The van der Waals surface area contributed by atoms with E-state index in [1.54, 1.807) is 24.4 Å². The van der Waals surface area contributed by atoms with Crippen LogP contribution in [0.1, 0.15) is 40.8 Å². The average molecular weight is 485 g/mol. The zero-order chi connectivity index (χ0) is 24.4. The molecular formula is C27H24N4O3S. The number of hydrogen-bond donors (Lipinski definition) is 2. The van der Waals surface area contributed by atoms with Crippen LogP contribution in [0.4, 0.5) is 5.69 Å². The van der Waals surface area contributed by atoms with Gasteiger partial charge in [-0.2, -0.15) is 0 Å². The molecule has 4 aromatic rings. The Balaban J connectivity index is 1.63. The number of pyridine rings is 1. The number of rotatable bonds is 7. The van der Waals surface area contributed by atoms with Crippen molar-refractivity contribution in [2.75, 3.05) is 11.5 Å². The van der Waals surface area contributed by atoms with Crippen molar-refractivity contribution < 1.29 is 14.6 Å². The van der Waals surface area contributed by atoms with Crippen LogP contribution in [0, 0.1) is 0 Å². The minimum absolute atomic E-state index is 0.216. The van der Waals surface area contributed by atoms with Crippen molar-refractivity contribution in [1.29, 1.82) is 0 Å². The van der Waals surface area contributed by atoms with Gasteiger partial charge in [-0.25, -0.2) is 4.79 Å². The molecule has 35 heavy (non-hydrogen) atoms. The van der Waals surface area contributed by atoms with Crippen molar-refractivity contribution in [1.82, 2.24) is 14.9 Å². The molecule has 7 nitrogen and oxygen atoms in total. The van der Waals surface area contributed by atoms with E-state index >= 15 is 0 Å². The number of anilines is 1. The molecule has 0 bridgehead atoms. The molecule has 2 N–H and O–H groups in total. The van der Waals surface area contributed by atoms with Gasteiger partial charge in [0.05, 0.1) is 23.9 Å². The lowest BCUT2D eigenvalue weighted by molar-refractivity contribution is 0.0697. The van der Waals surface area contributed by atoms with Crippen molar-refractivity contribution in [3.63, 3.8) is 0 Å². The quantitative estimate of drug-likeness (QED) is 0.351. The topological polar surface area (TPSA) is 79.6 Å². The Bertz CT molecular complexity index is 1350. The van der Waals surface area contributed by atoms with Gasteiger partial charge < -0.3 is 24.6 Å². The molecule has 0 spiro atoms. The number of nitrogens with zero attached hydrogens (tertiary/aromatic N) is 3. The van der Waals surface area contributed by atoms with Gasteiger partial charge in [-0.3, -0.25) is 4.98 Å². The summed E-state index contributed by atoms with van der Waals surface area (Å²) in [6.07, 6.45) is 3.70. The van der Waals surface area contributed by atoms with Crippen molar-refractivity contribution >= 4 is 29.0 Å². The Morgan fingerprint density at radius 3 is 2.60 bits per heavy atom. The summed E-state index contributed by atoms with van der Waals surface area (Å²) in [7, 11) is 0. The zero-order valence-electron chi connectivity index (χ0n) is 19.0. The molecule has 0 unspecified atom stereocenters. The first-order chi connectivity index (χ1) is 17.1. The molecule has 5 rings (SSSR count). The third kappa shape index (κ3) is 4.36. The maximum absolute atomic E-state index is 11.6. The summed E-state index contributed by atoms with van der Waals surface area (Å²) >= 11 is 5.82. The number of ether oxygens (including phenoxy) is 1. The van der Waals surface area contributed by atoms with E-state index in [9.17, 15) is 9.90 Å². The molecule has 2 atom stereocenters. The van der Waals surface area contributed by atoms with Crippen molar-refractivity contribution in [2.24, 2.45) is 0 Å². The fraction of sp³-hybridized carbons (Fsp3) is 0.148. The van der Waals surface area contributed by atoms with Gasteiger partial charge >= 0.3 is 5.97 Å². The molecule has 0 amide bonds. The van der Waals surface area contributed by atoms with Crippen molar-refractivity contribution in [3.8, 4) is 11.4 Å². The maximum Gasteiger partial charge on any atom is 0.335 e. The first-order valence-corrected chi connectivity index (χ1v) is 11.7. The van der Waals surface area contributed by atoms with E-state index in [0.29, 0.717) is 11.7 Å². The zero-order valence-corrected chi connectivity index (χ0v) is 19.9. The highest BCUT2D eigenvalue weighted by Crippen LogP contribution is 2.42. The molecule has 2 aromatic heterocycles. The third-order valence-corrected chi connectivity index (χ3v) is 6.29. The predicted molar refractivity (Wildman–Crippen MR) is 138 cm³/mol. The molecule has 0 saturated carbocycles. The van der Waals surface area contributed by atoms with Crippen LogP contribution >= 0.6 is 12.2 Å². The Labute approximate surface area is 208 Å². The van der Waals surface area contributed by atoms with Crippen LogP contribution in [-0.2, 0) is 0 Å². The SMILES string of the molecule is CCOc1ccc(N2C(=S)N[C@H](c3ccccn3)[C@@H]2c2cccn2-c2cccc(C(=O)O)c2)cc1. The minimum atomic E-state index is -0.966. The lowest BCUT2D eigenvalue weighted by Gasteiger charge is -2.29. The Morgan fingerprint density at radius 2 is 1.89 bits per heavy atom. The second-order valence-electron chi connectivity index (χ2n) is 8.08. The molecule has 1 aliphatic rings. The molecule has 1 saturated heterocycles. The first kappa shape index (κ1) is 22.6. The maximum atomic E-state index is 11.6. The predicted octanol–water partition coefficient (Wildman–Crippen LogP) is 5.15. The number of benzene rings is 2. The standard InChI is InChI=1S/C27H24N4O3S/c1-2-34-21-13-11-19(12-14-21)31-25(24(29-27(31)35)22-9-3-4-15-28-22)23-10-6-16-30(23)20-8-5-7-18(17-20)26(32)33/h3-17,24-25H,2H2,1H3,(H,29,35)(H,32,33)/t24-,25+/m1/s1. The Morgan fingerprint density at radius 1 is 1.06 bits per heavy atom. The summed E-state index contributed by atoms with van der Waals surface area (Å²) in [5, 5.41) is 13.5. The van der Waals surface area contributed by atoms with Gasteiger partial charge in [0.1, 0.15) is 11.8 Å². The fourth-order valence-corrected chi connectivity index (χ4v) is 4.81. The van der Waals surface area contributed by atoms with Gasteiger partial charge in [-0.05, 0) is 85.9 Å². The van der Waals surface area contributed by atoms with Gasteiger partial charge in [0, 0.05) is 29.5 Å². The summed E-state index contributed by atoms with van der Waals surface area (Å²) in [5.74, 6) is -0.173. The van der Waals surface area contributed by atoms with Gasteiger partial charge in [0.25, 0.3) is 0 Å². The minimum Gasteiger partial charge on any atom is -0.494 e. The van der Waals surface area contributed by atoms with Gasteiger partial charge in [-0.15, -0.1) is 0 Å². The van der Waals surface area contributed by atoms with Gasteiger partial charge in [0.2, 0.25) is 0 Å². The highest BCUT2D eigenvalue weighted by Gasteiger charge is 2.42. The van der Waals surface area contributed by atoms with Crippen LogP contribution in [0.5, 0.6) is 5.75 Å².